The number of benzene rings is 4. The van der Waals surface area contributed by atoms with Gasteiger partial charge >= 0.3 is 0 Å². The fraction of sp³-hybridized carbons (Fsp3) is 0.390. The van der Waals surface area contributed by atoms with E-state index in [2.05, 4.69) is 132 Å². The second kappa shape index (κ2) is 16.8. The molecule has 4 fully saturated rings. The summed E-state index contributed by atoms with van der Waals surface area (Å²) in [5.41, 5.74) is 13.7. The van der Waals surface area contributed by atoms with Gasteiger partial charge in [-0.1, -0.05) is 150 Å². The minimum atomic E-state index is -0.335. The molecule has 65 heavy (non-hydrogen) atoms. The molecule has 332 valence electrons. The van der Waals surface area contributed by atoms with Gasteiger partial charge in [0, 0.05) is 5.41 Å². The lowest BCUT2D eigenvalue weighted by molar-refractivity contribution is -0.125. The number of carbonyl (C=O) groups excluding carboxylic acids is 4. The van der Waals surface area contributed by atoms with Gasteiger partial charge in [-0.2, -0.15) is 0 Å². The maximum absolute atomic E-state index is 14.8. The Bertz CT molecular complexity index is 2650. The summed E-state index contributed by atoms with van der Waals surface area (Å²) in [6.07, 6.45) is 19.2. The molecule has 2 saturated heterocycles. The molecule has 0 N–H and O–H groups in total. The van der Waals surface area contributed by atoms with E-state index in [1.54, 1.807) is 9.80 Å². The van der Waals surface area contributed by atoms with Crippen molar-refractivity contribution in [2.75, 3.05) is 9.80 Å². The number of carbonyl (C=O) groups is 4. The number of hydrogen-bond acceptors (Lipinski definition) is 4. The van der Waals surface area contributed by atoms with Crippen LogP contribution in [0.3, 0.4) is 0 Å². The third kappa shape index (κ3) is 6.96. The Morgan fingerprint density at radius 1 is 0.585 bits per heavy atom. The zero-order chi connectivity index (χ0) is 45.3. The molecule has 0 radical (unpaired) electrons. The molecule has 6 nitrogen and oxygen atoms in total. The van der Waals surface area contributed by atoms with Crippen LogP contribution >= 0.6 is 0 Å². The van der Waals surface area contributed by atoms with E-state index in [0.29, 0.717) is 32.1 Å². The molecule has 4 amide bonds. The Hall–Kier alpha value is -5.88. The first-order valence-corrected chi connectivity index (χ1v) is 24.4. The van der Waals surface area contributed by atoms with Gasteiger partial charge in [0.2, 0.25) is 23.6 Å². The molecule has 4 aromatic carbocycles. The van der Waals surface area contributed by atoms with Crippen LogP contribution in [0.5, 0.6) is 0 Å². The number of fused-ring (bicyclic) bond motifs is 10. The van der Waals surface area contributed by atoms with Gasteiger partial charge in [-0.3, -0.25) is 19.2 Å². The Morgan fingerprint density at radius 3 is 1.60 bits per heavy atom. The number of rotatable bonds is 16. The van der Waals surface area contributed by atoms with Crippen molar-refractivity contribution in [2.45, 2.75) is 98.3 Å². The van der Waals surface area contributed by atoms with Crippen molar-refractivity contribution in [3.05, 3.63) is 165 Å². The number of amides is 4. The zero-order valence-corrected chi connectivity index (χ0v) is 38.6. The molecule has 0 aromatic heterocycles. The van der Waals surface area contributed by atoms with Gasteiger partial charge in [-0.15, -0.1) is 0 Å². The minimum absolute atomic E-state index is 0.0234. The van der Waals surface area contributed by atoms with Crippen LogP contribution in [-0.4, -0.2) is 23.6 Å². The van der Waals surface area contributed by atoms with E-state index in [9.17, 15) is 19.2 Å². The number of aryl methyl sites for hydroxylation is 6. The molecule has 4 bridgehead atoms. The molecule has 4 aliphatic carbocycles. The van der Waals surface area contributed by atoms with Crippen molar-refractivity contribution in [2.24, 2.45) is 46.8 Å². The normalized spacial score (nSPS) is 27.0. The van der Waals surface area contributed by atoms with E-state index in [1.807, 2.05) is 12.2 Å². The molecule has 8 unspecified atom stereocenters. The lowest BCUT2D eigenvalue weighted by Crippen LogP contribution is -2.37. The Balaban J connectivity index is 0.886. The van der Waals surface area contributed by atoms with Crippen LogP contribution in [0.1, 0.15) is 109 Å². The van der Waals surface area contributed by atoms with Crippen LogP contribution in [0.2, 0.25) is 0 Å². The van der Waals surface area contributed by atoms with Crippen LogP contribution in [-0.2, 0) is 64.1 Å². The highest BCUT2D eigenvalue weighted by molar-refractivity contribution is 6.24. The van der Waals surface area contributed by atoms with Crippen molar-refractivity contribution in [3.63, 3.8) is 0 Å². The highest BCUT2D eigenvalue weighted by Crippen LogP contribution is 2.63. The largest absolute Gasteiger partial charge is 0.274 e. The molecular formula is C59H62N2O4. The van der Waals surface area contributed by atoms with Crippen molar-refractivity contribution in [1.29, 1.82) is 0 Å². The van der Waals surface area contributed by atoms with Gasteiger partial charge < -0.3 is 0 Å². The van der Waals surface area contributed by atoms with E-state index in [4.69, 9.17) is 0 Å². The summed E-state index contributed by atoms with van der Waals surface area (Å²) in [7, 11) is 0. The van der Waals surface area contributed by atoms with Gasteiger partial charge in [0.15, 0.2) is 0 Å². The first kappa shape index (κ1) is 43.0. The number of allylic oxidation sites excluding steroid dienone is 4. The summed E-state index contributed by atoms with van der Waals surface area (Å²) in [4.78, 5) is 61.4. The van der Waals surface area contributed by atoms with Gasteiger partial charge in [0.1, 0.15) is 0 Å². The van der Waals surface area contributed by atoms with E-state index in [-0.39, 0.29) is 70.5 Å². The Kier molecular flexibility index (Phi) is 11.1. The third-order valence-electron chi connectivity index (χ3n) is 16.5. The second-order valence-electron chi connectivity index (χ2n) is 19.8. The monoisotopic (exact) mass is 862 g/mol. The minimum Gasteiger partial charge on any atom is -0.274 e. The molecule has 2 heterocycles. The summed E-state index contributed by atoms with van der Waals surface area (Å²) in [6.45, 7) is 16.2. The smallest absolute Gasteiger partial charge is 0.238 e. The summed E-state index contributed by atoms with van der Waals surface area (Å²) >= 11 is 0. The molecule has 6 aliphatic rings. The molecule has 8 atom stereocenters. The molecule has 10 rings (SSSR count). The zero-order valence-electron chi connectivity index (χ0n) is 38.6. The molecule has 4 aromatic rings. The van der Waals surface area contributed by atoms with Crippen molar-refractivity contribution < 1.29 is 19.2 Å². The first-order valence-electron chi connectivity index (χ1n) is 24.4. The lowest BCUT2D eigenvalue weighted by Gasteiger charge is -2.31. The third-order valence-corrected chi connectivity index (χ3v) is 16.5. The molecule has 2 aliphatic heterocycles. The van der Waals surface area contributed by atoms with E-state index >= 15 is 0 Å². The SMILES string of the molecule is C=Cc1ccc(CCC2=CC3CC2C2C(=O)N(c4c(CC)cc(Cc5cc(CC)c(N6C(=O)C7C8C=CC(CCc9ccc(C=C)cc9)(C8)C7C6=O)c(CC)c5)cc4CC)C(=O)C32)cc1. The molecule has 6 heteroatoms. The van der Waals surface area contributed by atoms with Crippen molar-refractivity contribution in [1.82, 2.24) is 0 Å². The maximum atomic E-state index is 14.8. The van der Waals surface area contributed by atoms with Crippen LogP contribution in [0.25, 0.3) is 12.2 Å². The highest BCUT2D eigenvalue weighted by Gasteiger charge is 2.66. The number of nitrogens with zero attached hydrogens (tertiary/aromatic N) is 2. The van der Waals surface area contributed by atoms with E-state index < -0.39 is 0 Å². The topological polar surface area (TPSA) is 74.8 Å². The van der Waals surface area contributed by atoms with Crippen LogP contribution in [0.15, 0.2) is 110 Å². The number of hydrogen-bond donors (Lipinski definition) is 0. The van der Waals surface area contributed by atoms with Crippen LogP contribution < -0.4 is 9.80 Å². The summed E-state index contributed by atoms with van der Waals surface area (Å²) in [5, 5.41) is 0. The predicted molar refractivity (Wildman–Crippen MR) is 261 cm³/mol. The van der Waals surface area contributed by atoms with Crippen molar-refractivity contribution >= 4 is 47.2 Å². The number of imide groups is 2. The van der Waals surface area contributed by atoms with Gasteiger partial charge in [0.25, 0.3) is 0 Å². The Morgan fingerprint density at radius 2 is 1.08 bits per heavy atom. The highest BCUT2D eigenvalue weighted by atomic mass is 16.2. The summed E-state index contributed by atoms with van der Waals surface area (Å²) in [6, 6.07) is 25.8. The predicted octanol–water partition coefficient (Wildman–Crippen LogP) is 11.4. The standard InChI is InChI=1S/C59H62N2O4/c1-7-35-13-17-37(18-14-35)21-22-45-32-47-33-48(45)51-49(47)55(62)60(57(51)64)53-41(9-3)28-39(29-42(53)10-4)27-40-30-43(11-5)54(44(12-6)31-40)61-56(63)50-46-24-26-59(34-46,52(50)58(61)65)25-23-38-19-15-36(8-2)16-20-38/h7-8,13-20,24,26,28-32,46-52H,1-2,9-12,21-23,25,27,33-34H2,3-6H3. The lowest BCUT2D eigenvalue weighted by atomic mass is 9.71. The van der Waals surface area contributed by atoms with Gasteiger partial charge in [0.05, 0.1) is 35.0 Å². The van der Waals surface area contributed by atoms with Crippen LogP contribution in [0, 0.1) is 46.8 Å². The van der Waals surface area contributed by atoms with Crippen LogP contribution in [0.4, 0.5) is 11.4 Å². The maximum Gasteiger partial charge on any atom is 0.238 e. The van der Waals surface area contributed by atoms with E-state index in [1.165, 1.54) is 16.7 Å². The first-order chi connectivity index (χ1) is 31.5. The van der Waals surface area contributed by atoms with Crippen molar-refractivity contribution in [3.8, 4) is 0 Å². The summed E-state index contributed by atoms with van der Waals surface area (Å²) < 4.78 is 0. The fourth-order valence-electron chi connectivity index (χ4n) is 13.3. The number of anilines is 2. The fourth-order valence-corrected chi connectivity index (χ4v) is 13.3. The second-order valence-corrected chi connectivity index (χ2v) is 19.8. The Labute approximate surface area is 385 Å². The summed E-state index contributed by atoms with van der Waals surface area (Å²) in [5.74, 6) is -0.990. The molecular weight excluding hydrogens is 801 g/mol. The average molecular weight is 863 g/mol. The van der Waals surface area contributed by atoms with Gasteiger partial charge in [-0.05, 0) is 144 Å². The molecule has 0 spiro atoms. The quantitative estimate of drug-likeness (QED) is 0.0831. The average Bonchev–Trinajstić information content (AvgIpc) is 4.19. The molecule has 2 saturated carbocycles. The van der Waals surface area contributed by atoms with E-state index in [0.717, 1.165) is 94.4 Å². The van der Waals surface area contributed by atoms with Gasteiger partial charge in [-0.25, -0.2) is 9.80 Å².